The molecule has 1 aliphatic heterocycles. The molecule has 2 heterocycles. The summed E-state index contributed by atoms with van der Waals surface area (Å²) in [5.74, 6) is -1.14. The van der Waals surface area contributed by atoms with E-state index >= 15 is 0 Å². The van der Waals surface area contributed by atoms with Crippen molar-refractivity contribution in [1.82, 2.24) is 0 Å². The van der Waals surface area contributed by atoms with Crippen LogP contribution in [0.15, 0.2) is 69.7 Å². The van der Waals surface area contributed by atoms with Gasteiger partial charge in [0.1, 0.15) is 23.2 Å². The standard InChI is InChI=1S/C21H13ClF2N2O2/c1-12-18(21(27)26(25-12)15-4-2-3-13(22)9-15)11-16-6-8-20(28-16)17-7-5-14(23)10-19(17)24/h2-11H,1H3/b18-11+. The van der Waals surface area contributed by atoms with Crippen LogP contribution in [-0.4, -0.2) is 11.6 Å². The van der Waals surface area contributed by atoms with Crippen LogP contribution in [0.5, 0.6) is 0 Å². The average molecular weight is 399 g/mol. The molecule has 0 fully saturated rings. The number of furan rings is 1. The smallest absolute Gasteiger partial charge is 0.280 e. The molecule has 0 aliphatic carbocycles. The number of hydrogen-bond donors (Lipinski definition) is 0. The van der Waals surface area contributed by atoms with E-state index in [1.807, 2.05) is 0 Å². The molecule has 0 atom stereocenters. The Morgan fingerprint density at radius 1 is 1.11 bits per heavy atom. The quantitative estimate of drug-likeness (QED) is 0.532. The molecule has 1 aliphatic rings. The number of hydrazone groups is 1. The minimum absolute atomic E-state index is 0.134. The Kier molecular flexibility index (Phi) is 4.57. The lowest BCUT2D eigenvalue weighted by molar-refractivity contribution is -0.114. The summed E-state index contributed by atoms with van der Waals surface area (Å²) in [6.45, 7) is 1.71. The van der Waals surface area contributed by atoms with E-state index in [2.05, 4.69) is 5.10 Å². The second-order valence-corrected chi connectivity index (χ2v) is 6.60. The Balaban J connectivity index is 1.64. The van der Waals surface area contributed by atoms with Crippen molar-refractivity contribution in [2.24, 2.45) is 5.10 Å². The van der Waals surface area contributed by atoms with E-state index in [1.54, 1.807) is 43.3 Å². The second-order valence-electron chi connectivity index (χ2n) is 6.17. The maximum atomic E-state index is 13.9. The van der Waals surface area contributed by atoms with Crippen LogP contribution in [-0.2, 0) is 4.79 Å². The van der Waals surface area contributed by atoms with Crippen molar-refractivity contribution in [2.75, 3.05) is 5.01 Å². The van der Waals surface area contributed by atoms with Gasteiger partial charge in [-0.15, -0.1) is 0 Å². The molecule has 0 spiro atoms. The highest BCUT2D eigenvalue weighted by molar-refractivity contribution is 6.33. The summed E-state index contributed by atoms with van der Waals surface area (Å²) in [4.78, 5) is 12.8. The molecule has 1 amide bonds. The van der Waals surface area contributed by atoms with E-state index in [4.69, 9.17) is 16.0 Å². The van der Waals surface area contributed by atoms with Gasteiger partial charge in [-0.2, -0.15) is 10.1 Å². The van der Waals surface area contributed by atoms with Gasteiger partial charge in [-0.25, -0.2) is 8.78 Å². The second kappa shape index (κ2) is 7.05. The lowest BCUT2D eigenvalue weighted by Gasteiger charge is -2.11. The van der Waals surface area contributed by atoms with Crippen molar-refractivity contribution in [2.45, 2.75) is 6.92 Å². The van der Waals surface area contributed by atoms with Crippen molar-refractivity contribution in [3.05, 3.63) is 82.6 Å². The minimum atomic E-state index is -0.727. The van der Waals surface area contributed by atoms with E-state index in [0.29, 0.717) is 27.8 Å². The van der Waals surface area contributed by atoms with Crippen LogP contribution in [0.3, 0.4) is 0 Å². The van der Waals surface area contributed by atoms with Gasteiger partial charge < -0.3 is 4.42 Å². The van der Waals surface area contributed by atoms with Gasteiger partial charge in [-0.1, -0.05) is 17.7 Å². The van der Waals surface area contributed by atoms with Gasteiger partial charge in [-0.3, -0.25) is 4.79 Å². The summed E-state index contributed by atoms with van der Waals surface area (Å²) in [6, 6.07) is 13.2. The predicted octanol–water partition coefficient (Wildman–Crippen LogP) is 5.68. The van der Waals surface area contributed by atoms with Crippen LogP contribution in [0.2, 0.25) is 5.02 Å². The normalized spacial score (nSPS) is 15.4. The number of hydrogen-bond acceptors (Lipinski definition) is 3. The van der Waals surface area contributed by atoms with Crippen molar-refractivity contribution in [3.63, 3.8) is 0 Å². The maximum absolute atomic E-state index is 13.9. The number of rotatable bonds is 3. The topological polar surface area (TPSA) is 45.8 Å². The third kappa shape index (κ3) is 3.34. The Morgan fingerprint density at radius 2 is 1.93 bits per heavy atom. The number of carbonyl (C=O) groups is 1. The van der Waals surface area contributed by atoms with Crippen LogP contribution in [0.1, 0.15) is 12.7 Å². The van der Waals surface area contributed by atoms with E-state index in [9.17, 15) is 13.6 Å². The van der Waals surface area contributed by atoms with Gasteiger partial charge in [0.25, 0.3) is 5.91 Å². The molecule has 140 valence electrons. The van der Waals surface area contributed by atoms with E-state index < -0.39 is 11.6 Å². The molecular formula is C21H13ClF2N2O2. The fraction of sp³-hybridized carbons (Fsp3) is 0.0476. The van der Waals surface area contributed by atoms with E-state index in [-0.39, 0.29) is 17.2 Å². The predicted molar refractivity (Wildman–Crippen MR) is 104 cm³/mol. The molecule has 4 rings (SSSR count). The number of carbonyl (C=O) groups excluding carboxylic acids is 1. The molecule has 28 heavy (non-hydrogen) atoms. The average Bonchev–Trinajstić information content (AvgIpc) is 3.22. The number of anilines is 1. The number of nitrogens with zero attached hydrogens (tertiary/aromatic N) is 2. The third-order valence-electron chi connectivity index (χ3n) is 4.23. The first-order chi connectivity index (χ1) is 13.4. The van der Waals surface area contributed by atoms with Gasteiger partial charge in [0, 0.05) is 11.1 Å². The van der Waals surface area contributed by atoms with Gasteiger partial charge in [0.05, 0.1) is 22.5 Å². The summed E-state index contributed by atoms with van der Waals surface area (Å²) in [7, 11) is 0. The Hall–Kier alpha value is -3.25. The summed E-state index contributed by atoms with van der Waals surface area (Å²) >= 11 is 5.99. The van der Waals surface area contributed by atoms with Crippen LogP contribution in [0.4, 0.5) is 14.5 Å². The molecule has 0 N–H and O–H groups in total. The van der Waals surface area contributed by atoms with Crippen molar-refractivity contribution < 1.29 is 18.0 Å². The van der Waals surface area contributed by atoms with Gasteiger partial charge in [0.15, 0.2) is 0 Å². The van der Waals surface area contributed by atoms with E-state index in [1.165, 1.54) is 17.2 Å². The Labute approximate surface area is 164 Å². The Morgan fingerprint density at radius 3 is 2.68 bits per heavy atom. The zero-order chi connectivity index (χ0) is 19.8. The van der Waals surface area contributed by atoms with Crippen LogP contribution < -0.4 is 5.01 Å². The zero-order valence-electron chi connectivity index (χ0n) is 14.6. The molecule has 7 heteroatoms. The van der Waals surface area contributed by atoms with E-state index in [0.717, 1.165) is 12.1 Å². The molecule has 2 aromatic carbocycles. The van der Waals surface area contributed by atoms with Gasteiger partial charge >= 0.3 is 0 Å². The molecule has 0 bridgehead atoms. The summed E-state index contributed by atoms with van der Waals surface area (Å²) in [6.07, 6.45) is 1.54. The third-order valence-corrected chi connectivity index (χ3v) is 4.46. The fourth-order valence-electron chi connectivity index (χ4n) is 2.87. The summed E-state index contributed by atoms with van der Waals surface area (Å²) in [5.41, 5.74) is 1.54. The highest BCUT2D eigenvalue weighted by Crippen LogP contribution is 2.29. The molecule has 1 aromatic heterocycles. The number of benzene rings is 2. The van der Waals surface area contributed by atoms with Gasteiger partial charge in [0.2, 0.25) is 0 Å². The number of amides is 1. The number of halogens is 3. The molecule has 0 radical (unpaired) electrons. The van der Waals surface area contributed by atoms with Crippen LogP contribution in [0, 0.1) is 11.6 Å². The molecule has 3 aromatic rings. The first-order valence-corrected chi connectivity index (χ1v) is 8.73. The van der Waals surface area contributed by atoms with Crippen molar-refractivity contribution >= 4 is 35.0 Å². The summed E-state index contributed by atoms with van der Waals surface area (Å²) in [5, 5.41) is 6.03. The Bertz CT molecular complexity index is 1150. The SMILES string of the molecule is CC1=NN(c2cccc(Cl)c2)C(=O)/C1=C/c1ccc(-c2ccc(F)cc2F)o1. The van der Waals surface area contributed by atoms with Crippen LogP contribution in [0.25, 0.3) is 17.4 Å². The van der Waals surface area contributed by atoms with Crippen molar-refractivity contribution in [1.29, 1.82) is 0 Å². The van der Waals surface area contributed by atoms with Gasteiger partial charge in [-0.05, 0) is 55.5 Å². The molecule has 0 saturated carbocycles. The molecular weight excluding hydrogens is 386 g/mol. The highest BCUT2D eigenvalue weighted by atomic mass is 35.5. The molecule has 0 unspecified atom stereocenters. The molecule has 4 nitrogen and oxygen atoms in total. The first kappa shape index (κ1) is 18.1. The van der Waals surface area contributed by atoms with Crippen molar-refractivity contribution in [3.8, 4) is 11.3 Å². The fourth-order valence-corrected chi connectivity index (χ4v) is 3.06. The highest BCUT2D eigenvalue weighted by Gasteiger charge is 2.29. The monoisotopic (exact) mass is 398 g/mol. The molecule has 0 saturated heterocycles. The maximum Gasteiger partial charge on any atom is 0.280 e. The first-order valence-electron chi connectivity index (χ1n) is 8.35. The largest absolute Gasteiger partial charge is 0.457 e. The lowest BCUT2D eigenvalue weighted by Crippen LogP contribution is -2.21. The minimum Gasteiger partial charge on any atom is -0.457 e. The summed E-state index contributed by atoms with van der Waals surface area (Å²) < 4.78 is 32.6. The van der Waals surface area contributed by atoms with Crippen LogP contribution >= 0.6 is 11.6 Å². The lowest BCUT2D eigenvalue weighted by atomic mass is 10.1. The zero-order valence-corrected chi connectivity index (χ0v) is 15.4.